The minimum atomic E-state index is -0.523. The normalized spacial score (nSPS) is 15.8. The van der Waals surface area contributed by atoms with Gasteiger partial charge < -0.3 is 9.80 Å². The van der Waals surface area contributed by atoms with E-state index in [1.54, 1.807) is 5.57 Å². The summed E-state index contributed by atoms with van der Waals surface area (Å²) in [4.78, 5) is 4.86. The molecule has 1 fully saturated rings. The van der Waals surface area contributed by atoms with Gasteiger partial charge in [0, 0.05) is 34.1 Å². The first kappa shape index (κ1) is 37.1. The molecule has 1 saturated carbocycles. The zero-order valence-electron chi connectivity index (χ0n) is 35.3. The molecule has 1 atom stereocenters. The summed E-state index contributed by atoms with van der Waals surface area (Å²) >= 11 is 0. The number of hydrogen-bond donors (Lipinski definition) is 0. The van der Waals surface area contributed by atoms with Crippen LogP contribution in [0.2, 0.25) is 0 Å². The summed E-state index contributed by atoms with van der Waals surface area (Å²) in [5.74, 6) is 0. The molecule has 3 aliphatic carbocycles. The average Bonchev–Trinajstić information content (AvgIpc) is 3.76. The maximum absolute atomic E-state index is 2.50. The van der Waals surface area contributed by atoms with Crippen molar-refractivity contribution in [1.29, 1.82) is 0 Å². The fourth-order valence-corrected chi connectivity index (χ4v) is 10.5. The lowest BCUT2D eigenvalue weighted by Gasteiger charge is -2.33. The van der Waals surface area contributed by atoms with Crippen LogP contribution in [-0.4, -0.2) is 0 Å². The molecule has 1 unspecified atom stereocenters. The Kier molecular flexibility index (Phi) is 9.12. The van der Waals surface area contributed by atoms with Crippen molar-refractivity contribution in [1.82, 2.24) is 0 Å². The Morgan fingerprint density at radius 2 is 0.721 bits per heavy atom. The SMILES string of the molecule is Cc1ccc(N(c2ccc(C)cc2)c2ccc3c(c2)C2(c4ccccc4-3)c3ccccc3-c3ccc(N(c4ccc(C)cc4)c4ccc(C=C5CCCCC5)cc4)cc32)cc1. The molecule has 0 N–H and O–H groups in total. The van der Waals surface area contributed by atoms with Crippen molar-refractivity contribution >= 4 is 40.2 Å². The molecular formula is C59H50N2. The number of benzene rings is 8. The number of anilines is 6. The molecule has 0 heterocycles. The first-order valence-electron chi connectivity index (χ1n) is 22.0. The molecule has 8 aromatic carbocycles. The molecule has 8 aromatic rings. The van der Waals surface area contributed by atoms with Gasteiger partial charge in [0.25, 0.3) is 0 Å². The highest BCUT2D eigenvalue weighted by Gasteiger charge is 2.52. The van der Waals surface area contributed by atoms with Crippen molar-refractivity contribution in [2.24, 2.45) is 0 Å². The van der Waals surface area contributed by atoms with Crippen LogP contribution in [0, 0.1) is 20.8 Å². The molecule has 2 heteroatoms. The third kappa shape index (κ3) is 6.24. The average molecular weight is 787 g/mol. The number of fused-ring (bicyclic) bond motifs is 10. The summed E-state index contributed by atoms with van der Waals surface area (Å²) in [5, 5.41) is 0. The van der Waals surface area contributed by atoms with Crippen molar-refractivity contribution in [3.63, 3.8) is 0 Å². The van der Waals surface area contributed by atoms with Gasteiger partial charge in [-0.25, -0.2) is 0 Å². The summed E-state index contributed by atoms with van der Waals surface area (Å²) in [6, 6.07) is 68.8. The largest absolute Gasteiger partial charge is 0.310 e. The van der Waals surface area contributed by atoms with E-state index in [0.717, 1.165) is 34.1 Å². The fourth-order valence-electron chi connectivity index (χ4n) is 10.5. The van der Waals surface area contributed by atoms with Crippen molar-refractivity contribution in [2.45, 2.75) is 58.3 Å². The van der Waals surface area contributed by atoms with E-state index in [4.69, 9.17) is 0 Å². The Labute approximate surface area is 361 Å². The highest BCUT2D eigenvalue weighted by Crippen LogP contribution is 2.64. The fraction of sp³-hybridized carbons (Fsp3) is 0.153. The Morgan fingerprint density at radius 3 is 1.15 bits per heavy atom. The summed E-state index contributed by atoms with van der Waals surface area (Å²) in [7, 11) is 0. The van der Waals surface area contributed by atoms with E-state index in [2.05, 4.69) is 219 Å². The second-order valence-corrected chi connectivity index (χ2v) is 17.4. The molecule has 0 saturated heterocycles. The second-order valence-electron chi connectivity index (χ2n) is 17.4. The van der Waals surface area contributed by atoms with Crippen LogP contribution in [0.3, 0.4) is 0 Å². The molecule has 3 aliphatic rings. The number of aryl methyl sites for hydroxylation is 3. The number of allylic oxidation sites excluding steroid dienone is 1. The van der Waals surface area contributed by atoms with Crippen LogP contribution < -0.4 is 9.80 Å². The minimum Gasteiger partial charge on any atom is -0.310 e. The molecular weight excluding hydrogens is 737 g/mol. The first-order chi connectivity index (χ1) is 30.0. The molecule has 11 rings (SSSR count). The van der Waals surface area contributed by atoms with Gasteiger partial charge in [0.15, 0.2) is 0 Å². The van der Waals surface area contributed by atoms with E-state index in [9.17, 15) is 0 Å². The lowest BCUT2D eigenvalue weighted by Crippen LogP contribution is -2.26. The van der Waals surface area contributed by atoms with Crippen molar-refractivity contribution in [2.75, 3.05) is 9.80 Å². The van der Waals surface area contributed by atoms with Gasteiger partial charge in [-0.05, 0) is 169 Å². The van der Waals surface area contributed by atoms with Crippen LogP contribution in [0.15, 0.2) is 188 Å². The van der Waals surface area contributed by atoms with Gasteiger partial charge >= 0.3 is 0 Å². The monoisotopic (exact) mass is 786 g/mol. The van der Waals surface area contributed by atoms with E-state index in [1.165, 1.54) is 98.9 Å². The molecule has 296 valence electrons. The van der Waals surface area contributed by atoms with Crippen LogP contribution in [0.5, 0.6) is 0 Å². The summed E-state index contributed by atoms with van der Waals surface area (Å²) in [5.41, 5.74) is 23.5. The molecule has 0 radical (unpaired) electrons. The number of nitrogens with zero attached hydrogens (tertiary/aromatic N) is 2. The summed E-state index contributed by atoms with van der Waals surface area (Å²) in [6.45, 7) is 6.48. The highest BCUT2D eigenvalue weighted by atomic mass is 15.1. The standard InChI is InChI=1S/C59H50N2/c1-40-17-25-45(26-18-40)60(46-27-19-41(2)20-28-46)49-33-35-53-51-13-7-9-15-55(51)59(57(53)38-49)56-16-10-8-14-52(56)54-36-34-50(39-58(54)59)61(47-29-21-42(3)22-30-47)48-31-23-44(24-32-48)37-43-11-5-4-6-12-43/h7-10,13-39H,4-6,11-12H2,1-3H3. The van der Waals surface area contributed by atoms with Gasteiger partial charge in [0.1, 0.15) is 0 Å². The Balaban J connectivity index is 1.12. The summed E-state index contributed by atoms with van der Waals surface area (Å²) < 4.78 is 0. The van der Waals surface area contributed by atoms with Gasteiger partial charge in [0.05, 0.1) is 5.41 Å². The predicted molar refractivity (Wildman–Crippen MR) is 257 cm³/mol. The van der Waals surface area contributed by atoms with E-state index in [1.807, 2.05) is 0 Å². The molecule has 0 amide bonds. The van der Waals surface area contributed by atoms with Crippen LogP contribution in [0.25, 0.3) is 28.3 Å². The van der Waals surface area contributed by atoms with Gasteiger partial charge in [-0.1, -0.05) is 144 Å². The Hall–Kier alpha value is -6.90. The van der Waals surface area contributed by atoms with Crippen LogP contribution in [0.1, 0.15) is 76.6 Å². The van der Waals surface area contributed by atoms with Gasteiger partial charge in [-0.15, -0.1) is 0 Å². The first-order valence-corrected chi connectivity index (χ1v) is 22.0. The van der Waals surface area contributed by atoms with Crippen LogP contribution in [0.4, 0.5) is 34.1 Å². The van der Waals surface area contributed by atoms with Crippen LogP contribution >= 0.6 is 0 Å². The maximum Gasteiger partial charge on any atom is 0.0727 e. The van der Waals surface area contributed by atoms with E-state index in [0.29, 0.717) is 0 Å². The second kappa shape index (κ2) is 15.0. The van der Waals surface area contributed by atoms with Crippen molar-refractivity contribution in [3.8, 4) is 22.3 Å². The van der Waals surface area contributed by atoms with Gasteiger partial charge in [0.2, 0.25) is 0 Å². The van der Waals surface area contributed by atoms with Crippen molar-refractivity contribution < 1.29 is 0 Å². The van der Waals surface area contributed by atoms with Gasteiger partial charge in [-0.2, -0.15) is 0 Å². The predicted octanol–water partition coefficient (Wildman–Crippen LogP) is 16.2. The molecule has 2 nitrogen and oxygen atoms in total. The van der Waals surface area contributed by atoms with Gasteiger partial charge in [-0.3, -0.25) is 0 Å². The topological polar surface area (TPSA) is 6.48 Å². The highest BCUT2D eigenvalue weighted by molar-refractivity contribution is 5.97. The van der Waals surface area contributed by atoms with E-state index >= 15 is 0 Å². The van der Waals surface area contributed by atoms with Crippen LogP contribution in [-0.2, 0) is 5.41 Å². The molecule has 0 bridgehead atoms. The molecule has 61 heavy (non-hydrogen) atoms. The third-order valence-corrected chi connectivity index (χ3v) is 13.5. The zero-order valence-corrected chi connectivity index (χ0v) is 35.3. The number of rotatable bonds is 7. The molecule has 0 aromatic heterocycles. The van der Waals surface area contributed by atoms with E-state index < -0.39 is 5.41 Å². The molecule has 0 aliphatic heterocycles. The zero-order chi connectivity index (χ0) is 41.1. The smallest absolute Gasteiger partial charge is 0.0727 e. The lowest BCUT2D eigenvalue weighted by molar-refractivity contribution is 0.602. The summed E-state index contributed by atoms with van der Waals surface area (Å²) in [6.07, 6.45) is 8.84. The Morgan fingerprint density at radius 1 is 0.361 bits per heavy atom. The quantitative estimate of drug-likeness (QED) is 0.159. The van der Waals surface area contributed by atoms with E-state index in [-0.39, 0.29) is 0 Å². The third-order valence-electron chi connectivity index (χ3n) is 13.5. The Bertz CT molecular complexity index is 2890. The maximum atomic E-state index is 2.50. The lowest BCUT2D eigenvalue weighted by atomic mass is 9.70. The number of hydrogen-bond acceptors (Lipinski definition) is 2. The van der Waals surface area contributed by atoms with Crippen molar-refractivity contribution in [3.05, 3.63) is 232 Å². The minimum absolute atomic E-state index is 0.523. The molecule has 1 spiro atoms.